The topological polar surface area (TPSA) is 101 Å². The molecule has 10 heteroatoms. The van der Waals surface area contributed by atoms with Crippen LogP contribution in [0.15, 0.2) is 17.0 Å². The van der Waals surface area contributed by atoms with Crippen LogP contribution in [0.4, 0.5) is 0 Å². The van der Waals surface area contributed by atoms with Crippen LogP contribution in [-0.4, -0.2) is 31.3 Å². The second-order valence-corrected chi connectivity index (χ2v) is 7.02. The summed E-state index contributed by atoms with van der Waals surface area (Å²) in [5.74, 6) is -1.98. The molecule has 0 spiro atoms. The molecule has 0 aromatic heterocycles. The van der Waals surface area contributed by atoms with E-state index in [2.05, 4.69) is 0 Å². The minimum Gasteiger partial charge on any atom is -0.480 e. The lowest BCUT2D eigenvalue weighted by Gasteiger charge is -2.15. The molecule has 1 atom stereocenters. The molecule has 0 heterocycles. The highest BCUT2D eigenvalue weighted by atomic mass is 35.5. The van der Waals surface area contributed by atoms with E-state index in [-0.39, 0.29) is 15.1 Å². The van der Waals surface area contributed by atoms with Crippen LogP contribution in [0.2, 0.25) is 15.1 Å². The Balaban J connectivity index is 3.23. The van der Waals surface area contributed by atoms with Gasteiger partial charge in [0.15, 0.2) is 0 Å². The van der Waals surface area contributed by atoms with E-state index in [1.807, 2.05) is 4.72 Å². The third-order valence-corrected chi connectivity index (χ3v) is 4.93. The molecule has 0 aliphatic carbocycles. The number of sulfonamides is 1. The van der Waals surface area contributed by atoms with E-state index >= 15 is 0 Å². The maximum Gasteiger partial charge on any atom is 0.322 e. The molecule has 1 rings (SSSR count). The summed E-state index contributed by atoms with van der Waals surface area (Å²) in [7, 11) is -4.33. The molecule has 0 fully saturated rings. The van der Waals surface area contributed by atoms with Gasteiger partial charge in [0.05, 0.1) is 10.0 Å². The molecule has 21 heavy (non-hydrogen) atoms. The molecule has 0 aliphatic heterocycles. The molecule has 1 unspecified atom stereocenters. The predicted molar refractivity (Wildman–Crippen MR) is 78.5 cm³/mol. The monoisotopic (exact) mass is 373 g/mol. The molecule has 0 radical (unpaired) electrons. The summed E-state index contributed by atoms with van der Waals surface area (Å²) in [6.07, 6.45) is -0.503. The first-order valence-corrected chi connectivity index (χ1v) is 8.05. The number of benzene rings is 1. The zero-order chi connectivity index (χ0) is 16.4. The van der Waals surface area contributed by atoms with Gasteiger partial charge in [0.25, 0.3) is 0 Å². The highest BCUT2D eigenvalue weighted by Gasteiger charge is 2.29. The molecule has 0 bridgehead atoms. The Morgan fingerprint density at radius 2 is 1.71 bits per heavy atom. The molecule has 0 saturated heterocycles. The SMILES string of the molecule is CC(=O)CC(NS(=O)(=O)c1c(Cl)cc(Cl)cc1Cl)C(=O)O. The van der Waals surface area contributed by atoms with E-state index in [0.29, 0.717) is 0 Å². The zero-order valence-electron chi connectivity index (χ0n) is 10.6. The van der Waals surface area contributed by atoms with Crippen molar-refractivity contribution in [2.45, 2.75) is 24.3 Å². The highest BCUT2D eigenvalue weighted by Crippen LogP contribution is 2.32. The lowest BCUT2D eigenvalue weighted by molar-refractivity contribution is -0.140. The van der Waals surface area contributed by atoms with E-state index in [4.69, 9.17) is 39.9 Å². The molecule has 1 aromatic rings. The number of carbonyl (C=O) groups excluding carboxylic acids is 1. The first kappa shape index (κ1) is 18.2. The number of nitrogens with one attached hydrogen (secondary N) is 1. The van der Waals surface area contributed by atoms with E-state index in [1.165, 1.54) is 0 Å². The third kappa shape index (κ3) is 4.82. The van der Waals surface area contributed by atoms with Gasteiger partial charge in [-0.1, -0.05) is 34.8 Å². The maximum atomic E-state index is 12.2. The Morgan fingerprint density at radius 3 is 2.10 bits per heavy atom. The normalized spacial score (nSPS) is 13.0. The molecule has 116 valence electrons. The Kier molecular flexibility index (Phi) is 6.01. The number of ketones is 1. The van der Waals surface area contributed by atoms with Gasteiger partial charge >= 0.3 is 5.97 Å². The van der Waals surface area contributed by atoms with Gasteiger partial charge in [0.1, 0.15) is 16.7 Å². The van der Waals surface area contributed by atoms with Crippen molar-refractivity contribution in [3.8, 4) is 0 Å². The second-order valence-electron chi connectivity index (χ2n) is 4.12. The van der Waals surface area contributed by atoms with Crippen LogP contribution in [0, 0.1) is 0 Å². The predicted octanol–water partition coefficient (Wildman–Crippen LogP) is 2.36. The van der Waals surface area contributed by atoms with Crippen LogP contribution >= 0.6 is 34.8 Å². The van der Waals surface area contributed by atoms with E-state index in [9.17, 15) is 18.0 Å². The number of carboxylic acid groups (broad SMARTS) is 1. The van der Waals surface area contributed by atoms with Crippen molar-refractivity contribution in [3.63, 3.8) is 0 Å². The number of carbonyl (C=O) groups is 2. The van der Waals surface area contributed by atoms with Gasteiger partial charge in [-0.2, -0.15) is 4.72 Å². The Bertz CT molecular complexity index is 666. The van der Waals surface area contributed by atoms with E-state index in [1.54, 1.807) is 0 Å². The molecule has 0 amide bonds. The number of aliphatic carboxylic acids is 1. The molecule has 0 saturated carbocycles. The van der Waals surface area contributed by atoms with Crippen molar-refractivity contribution in [1.29, 1.82) is 0 Å². The van der Waals surface area contributed by atoms with Crippen LogP contribution in [0.25, 0.3) is 0 Å². The number of halogens is 3. The second kappa shape index (κ2) is 6.93. The van der Waals surface area contributed by atoms with Gasteiger partial charge in [-0.3, -0.25) is 9.59 Å². The standard InChI is InChI=1S/C11H10Cl3NO5S/c1-5(16)2-9(11(17)18)15-21(19,20)10-7(13)3-6(12)4-8(10)14/h3-4,9,15H,2H2,1H3,(H,17,18). The van der Waals surface area contributed by atoms with Crippen molar-refractivity contribution in [2.75, 3.05) is 0 Å². The van der Waals surface area contributed by atoms with E-state index in [0.717, 1.165) is 19.1 Å². The lowest BCUT2D eigenvalue weighted by Crippen LogP contribution is -2.42. The van der Waals surface area contributed by atoms with Gasteiger partial charge in [-0.25, -0.2) is 8.42 Å². The fourth-order valence-corrected chi connectivity index (χ4v) is 4.23. The van der Waals surface area contributed by atoms with Gasteiger partial charge in [-0.15, -0.1) is 0 Å². The molecule has 0 aliphatic rings. The summed E-state index contributed by atoms with van der Waals surface area (Å²) in [6.45, 7) is 1.15. The first-order chi connectivity index (χ1) is 9.54. The fourth-order valence-electron chi connectivity index (χ4n) is 1.50. The molecule has 1 aromatic carbocycles. The van der Waals surface area contributed by atoms with Crippen molar-refractivity contribution in [2.24, 2.45) is 0 Å². The average Bonchev–Trinajstić information content (AvgIpc) is 2.24. The number of rotatable bonds is 6. The third-order valence-electron chi connectivity index (χ3n) is 2.32. The van der Waals surface area contributed by atoms with Crippen LogP contribution < -0.4 is 4.72 Å². The molecular weight excluding hydrogens is 365 g/mol. The zero-order valence-corrected chi connectivity index (χ0v) is 13.6. The maximum absolute atomic E-state index is 12.2. The highest BCUT2D eigenvalue weighted by molar-refractivity contribution is 7.89. The fraction of sp³-hybridized carbons (Fsp3) is 0.273. The summed E-state index contributed by atoms with van der Waals surface area (Å²) in [5, 5.41) is 8.56. The summed E-state index contributed by atoms with van der Waals surface area (Å²) in [6, 6.07) is 0.699. The Hall–Kier alpha value is -0.860. The Morgan fingerprint density at radius 1 is 1.24 bits per heavy atom. The number of carboxylic acids is 1. The smallest absolute Gasteiger partial charge is 0.322 e. The van der Waals surface area contributed by atoms with Crippen LogP contribution in [0.5, 0.6) is 0 Å². The largest absolute Gasteiger partial charge is 0.480 e. The van der Waals surface area contributed by atoms with Crippen LogP contribution in [0.1, 0.15) is 13.3 Å². The minimum absolute atomic E-state index is 0.127. The summed E-state index contributed by atoms with van der Waals surface area (Å²) in [5.41, 5.74) is 0. The first-order valence-electron chi connectivity index (χ1n) is 5.43. The number of Topliss-reactive ketones (excluding diaryl/α,β-unsaturated/α-hetero) is 1. The van der Waals surface area contributed by atoms with Gasteiger partial charge in [-0.05, 0) is 19.1 Å². The van der Waals surface area contributed by atoms with Gasteiger partial charge in [0, 0.05) is 11.4 Å². The van der Waals surface area contributed by atoms with Crippen molar-refractivity contribution in [1.82, 2.24) is 4.72 Å². The van der Waals surface area contributed by atoms with Crippen molar-refractivity contribution >= 4 is 56.6 Å². The quantitative estimate of drug-likeness (QED) is 0.796. The van der Waals surface area contributed by atoms with Crippen LogP contribution in [0.3, 0.4) is 0 Å². The minimum atomic E-state index is -4.33. The van der Waals surface area contributed by atoms with Gasteiger partial charge < -0.3 is 5.11 Å². The molecular formula is C11H10Cl3NO5S. The number of hydrogen-bond acceptors (Lipinski definition) is 4. The number of hydrogen-bond donors (Lipinski definition) is 2. The molecule has 2 N–H and O–H groups in total. The summed E-state index contributed by atoms with van der Waals surface area (Å²) in [4.78, 5) is 21.5. The summed E-state index contributed by atoms with van der Waals surface area (Å²) < 4.78 is 26.2. The Labute approximate surface area is 136 Å². The van der Waals surface area contributed by atoms with Crippen molar-refractivity contribution < 1.29 is 23.1 Å². The van der Waals surface area contributed by atoms with Gasteiger partial charge in [0.2, 0.25) is 10.0 Å². The molecule has 6 nitrogen and oxygen atoms in total. The van der Waals surface area contributed by atoms with E-state index < -0.39 is 39.1 Å². The lowest BCUT2D eigenvalue weighted by atomic mass is 10.2. The summed E-state index contributed by atoms with van der Waals surface area (Å²) >= 11 is 17.2. The van der Waals surface area contributed by atoms with Crippen molar-refractivity contribution in [3.05, 3.63) is 27.2 Å². The van der Waals surface area contributed by atoms with Crippen LogP contribution in [-0.2, 0) is 19.6 Å². The average molecular weight is 375 g/mol.